The second-order valence-corrected chi connectivity index (χ2v) is 9.41. The molecular formula is C21H27N5O4S. The van der Waals surface area contributed by atoms with E-state index in [-0.39, 0.29) is 22.3 Å². The van der Waals surface area contributed by atoms with Gasteiger partial charge in [-0.2, -0.15) is 9.98 Å². The largest absolute Gasteiger partial charge is 0.360 e. The molecule has 3 rings (SSSR count). The number of sulfonamides is 1. The summed E-state index contributed by atoms with van der Waals surface area (Å²) < 4.78 is 32.8. The minimum atomic E-state index is -3.91. The zero-order valence-electron chi connectivity index (χ0n) is 18.0. The fraction of sp³-hybridized carbons (Fsp3) is 0.476. The summed E-state index contributed by atoms with van der Waals surface area (Å²) in [5.74, 6) is -0.0616. The third kappa shape index (κ3) is 5.50. The minimum absolute atomic E-state index is 0.0170. The van der Waals surface area contributed by atoms with Crippen LogP contribution in [0.25, 0.3) is 0 Å². The number of amides is 1. The van der Waals surface area contributed by atoms with Crippen molar-refractivity contribution < 1.29 is 17.7 Å². The van der Waals surface area contributed by atoms with Crippen LogP contribution in [0.5, 0.6) is 0 Å². The zero-order valence-corrected chi connectivity index (χ0v) is 18.8. The van der Waals surface area contributed by atoms with Gasteiger partial charge < -0.3 is 9.42 Å². The van der Waals surface area contributed by atoms with Gasteiger partial charge >= 0.3 is 0 Å². The summed E-state index contributed by atoms with van der Waals surface area (Å²) in [5.41, 5.74) is 2.00. The summed E-state index contributed by atoms with van der Waals surface area (Å²) in [7, 11) is -3.91. The molecule has 31 heavy (non-hydrogen) atoms. The first-order valence-electron chi connectivity index (χ1n) is 10.2. The van der Waals surface area contributed by atoms with E-state index in [1.165, 1.54) is 6.92 Å². The molecule has 10 heteroatoms. The van der Waals surface area contributed by atoms with Crippen LogP contribution in [0, 0.1) is 25.2 Å². The highest BCUT2D eigenvalue weighted by Gasteiger charge is 2.30. The average Bonchev–Trinajstić information content (AvgIpc) is 2.93. The van der Waals surface area contributed by atoms with Crippen molar-refractivity contribution in [2.24, 2.45) is 0 Å². The molecule has 166 valence electrons. The molecule has 9 nitrogen and oxygen atoms in total. The Balaban J connectivity index is 1.59. The monoisotopic (exact) mass is 445 g/mol. The fourth-order valence-corrected chi connectivity index (χ4v) is 5.29. The number of hydrogen-bond donors (Lipinski definition) is 1. The second-order valence-electron chi connectivity index (χ2n) is 7.76. The van der Waals surface area contributed by atoms with Gasteiger partial charge in [0.2, 0.25) is 15.9 Å². The lowest BCUT2D eigenvalue weighted by Crippen LogP contribution is -2.48. The Kier molecular flexibility index (Phi) is 7.10. The molecule has 2 aromatic rings. The van der Waals surface area contributed by atoms with Crippen molar-refractivity contribution in [3.63, 3.8) is 0 Å². The van der Waals surface area contributed by atoms with E-state index in [1.54, 1.807) is 30.9 Å². The van der Waals surface area contributed by atoms with Crippen LogP contribution in [0.1, 0.15) is 35.9 Å². The normalized spacial score (nSPS) is 16.5. The van der Waals surface area contributed by atoms with Crippen LogP contribution < -0.4 is 4.72 Å². The van der Waals surface area contributed by atoms with Gasteiger partial charge in [-0.25, -0.2) is 8.42 Å². The van der Waals surface area contributed by atoms with Gasteiger partial charge in [0.25, 0.3) is 0 Å². The van der Waals surface area contributed by atoms with E-state index in [1.807, 2.05) is 12.1 Å². The zero-order chi connectivity index (χ0) is 22.6. The van der Waals surface area contributed by atoms with Gasteiger partial charge in [-0.3, -0.25) is 9.69 Å². The quantitative estimate of drug-likeness (QED) is 0.716. The predicted octanol–water partition coefficient (Wildman–Crippen LogP) is 1.56. The topological polar surface area (TPSA) is 120 Å². The van der Waals surface area contributed by atoms with Gasteiger partial charge in [0.15, 0.2) is 5.76 Å². The van der Waals surface area contributed by atoms with E-state index in [9.17, 15) is 13.2 Å². The van der Waals surface area contributed by atoms with Crippen molar-refractivity contribution in [2.75, 3.05) is 26.2 Å². The lowest BCUT2D eigenvalue weighted by molar-refractivity contribution is -0.132. The summed E-state index contributed by atoms with van der Waals surface area (Å²) in [6, 6.07) is 8.70. The maximum atomic E-state index is 12.9. The molecule has 0 unspecified atom stereocenters. The van der Waals surface area contributed by atoms with Gasteiger partial charge in [0.05, 0.1) is 17.7 Å². The molecule has 1 N–H and O–H groups in total. The van der Waals surface area contributed by atoms with Crippen molar-refractivity contribution >= 4 is 15.9 Å². The van der Waals surface area contributed by atoms with E-state index >= 15 is 0 Å². The number of hydrogen-bond acceptors (Lipinski definition) is 7. The van der Waals surface area contributed by atoms with Crippen LogP contribution in [0.3, 0.4) is 0 Å². The molecule has 2 heterocycles. The van der Waals surface area contributed by atoms with Crippen LogP contribution in [0.15, 0.2) is 33.7 Å². The number of carbonyl (C=O) groups excluding carboxylic acids is 1. The lowest BCUT2D eigenvalue weighted by atomic mass is 10.1. The van der Waals surface area contributed by atoms with E-state index in [0.29, 0.717) is 25.2 Å². The summed E-state index contributed by atoms with van der Waals surface area (Å²) in [5, 5.41) is 12.6. The maximum absolute atomic E-state index is 12.9. The molecule has 1 aliphatic heterocycles. The Bertz CT molecular complexity index is 1050. The van der Waals surface area contributed by atoms with E-state index in [0.717, 1.165) is 25.1 Å². The predicted molar refractivity (Wildman–Crippen MR) is 113 cm³/mol. The van der Waals surface area contributed by atoms with Gasteiger partial charge in [0.1, 0.15) is 10.6 Å². The van der Waals surface area contributed by atoms with Crippen molar-refractivity contribution in [3.05, 3.63) is 46.8 Å². The molecule has 0 aliphatic carbocycles. The number of nitriles is 1. The number of carbonyl (C=O) groups is 1. The molecule has 0 bridgehead atoms. The first kappa shape index (κ1) is 22.9. The molecule has 0 saturated carbocycles. The van der Waals surface area contributed by atoms with Crippen LogP contribution in [-0.4, -0.2) is 61.5 Å². The molecule has 1 saturated heterocycles. The van der Waals surface area contributed by atoms with Crippen LogP contribution >= 0.6 is 0 Å². The van der Waals surface area contributed by atoms with E-state index in [4.69, 9.17) is 9.78 Å². The highest BCUT2D eigenvalue weighted by Crippen LogP contribution is 2.19. The molecule has 1 aromatic heterocycles. The number of nitrogens with one attached hydrogen (secondary N) is 1. The first-order valence-corrected chi connectivity index (χ1v) is 11.6. The molecule has 1 atom stereocenters. The number of benzene rings is 1. The van der Waals surface area contributed by atoms with Crippen LogP contribution in [-0.2, 0) is 21.4 Å². The highest BCUT2D eigenvalue weighted by atomic mass is 32.2. The molecule has 1 aliphatic rings. The van der Waals surface area contributed by atoms with Gasteiger partial charge in [-0.05, 0) is 44.9 Å². The summed E-state index contributed by atoms with van der Waals surface area (Å²) >= 11 is 0. The number of rotatable bonds is 6. The van der Waals surface area contributed by atoms with Gasteiger partial charge in [0, 0.05) is 32.7 Å². The second kappa shape index (κ2) is 9.60. The molecular weight excluding hydrogens is 418 g/mol. The summed E-state index contributed by atoms with van der Waals surface area (Å²) in [6.07, 6.45) is 0.797. The Morgan fingerprint density at radius 3 is 2.55 bits per heavy atom. The molecule has 1 amide bonds. The number of aryl methyl sites for hydroxylation is 2. The van der Waals surface area contributed by atoms with Gasteiger partial charge in [-0.15, -0.1) is 0 Å². The van der Waals surface area contributed by atoms with Crippen molar-refractivity contribution in [1.29, 1.82) is 5.26 Å². The molecule has 0 spiro atoms. The van der Waals surface area contributed by atoms with Crippen molar-refractivity contribution in [3.8, 4) is 6.07 Å². The Morgan fingerprint density at radius 1 is 1.23 bits per heavy atom. The lowest BCUT2D eigenvalue weighted by Gasteiger charge is -2.25. The van der Waals surface area contributed by atoms with E-state index < -0.39 is 16.1 Å². The summed E-state index contributed by atoms with van der Waals surface area (Å²) in [4.78, 5) is 16.9. The van der Waals surface area contributed by atoms with E-state index in [2.05, 4.69) is 20.8 Å². The Labute approximate surface area is 182 Å². The first-order chi connectivity index (χ1) is 14.7. The highest BCUT2D eigenvalue weighted by molar-refractivity contribution is 7.89. The maximum Gasteiger partial charge on any atom is 0.246 e. The third-order valence-electron chi connectivity index (χ3n) is 5.33. The standard InChI is InChI=1S/C21H27N5O4S/c1-15-20(17(3)30-23-15)31(28,29)24-16(2)21(27)26-10-4-9-25(11-12-26)14-19-7-5-18(13-22)6-8-19/h5-8,16,24H,4,9-12,14H2,1-3H3/t16-/m0/s1. The Morgan fingerprint density at radius 2 is 1.94 bits per heavy atom. The third-order valence-corrected chi connectivity index (χ3v) is 7.11. The SMILES string of the molecule is Cc1noc(C)c1S(=O)(=O)N[C@@H](C)C(=O)N1CCCN(Cc2ccc(C#N)cc2)CC1. The fourth-order valence-electron chi connectivity index (χ4n) is 3.77. The minimum Gasteiger partial charge on any atom is -0.360 e. The van der Waals surface area contributed by atoms with Gasteiger partial charge in [-0.1, -0.05) is 17.3 Å². The summed E-state index contributed by atoms with van der Waals surface area (Å²) in [6.45, 7) is 7.98. The smallest absolute Gasteiger partial charge is 0.246 e. The number of aromatic nitrogens is 1. The molecule has 0 radical (unpaired) electrons. The molecule has 1 fully saturated rings. The Hall–Kier alpha value is -2.74. The average molecular weight is 446 g/mol. The van der Waals surface area contributed by atoms with Crippen molar-refractivity contribution in [2.45, 2.75) is 44.7 Å². The van der Waals surface area contributed by atoms with Crippen LogP contribution in [0.4, 0.5) is 0 Å². The number of nitrogens with zero attached hydrogens (tertiary/aromatic N) is 4. The van der Waals surface area contributed by atoms with Crippen molar-refractivity contribution in [1.82, 2.24) is 19.7 Å². The molecule has 1 aromatic carbocycles. The van der Waals surface area contributed by atoms with Crippen LogP contribution in [0.2, 0.25) is 0 Å².